The predicted molar refractivity (Wildman–Crippen MR) is 114 cm³/mol. The van der Waals surface area contributed by atoms with Crippen LogP contribution >= 0.6 is 0 Å². The fourth-order valence-electron chi connectivity index (χ4n) is 3.63. The van der Waals surface area contributed by atoms with Gasteiger partial charge in [0.15, 0.2) is 0 Å². The molecule has 1 fully saturated rings. The minimum Gasteiger partial charge on any atom is -0.422 e. The molecule has 0 unspecified atom stereocenters. The second kappa shape index (κ2) is 8.58. The van der Waals surface area contributed by atoms with E-state index in [9.17, 15) is 18.8 Å². The first kappa shape index (κ1) is 21.2. The second-order valence-corrected chi connectivity index (χ2v) is 7.46. The fourth-order valence-corrected chi connectivity index (χ4v) is 3.63. The Morgan fingerprint density at radius 2 is 1.81 bits per heavy atom. The SMILES string of the molecule is C[C@H](c1ccc(F)cc1)N1C(=O)O[C@](Cc2ccccc2)(C(=O)Nc2cccnc2)C1=O. The van der Waals surface area contributed by atoms with E-state index in [0.29, 0.717) is 16.8 Å². The van der Waals surface area contributed by atoms with Crippen molar-refractivity contribution in [3.8, 4) is 0 Å². The zero-order chi connectivity index (χ0) is 22.7. The summed E-state index contributed by atoms with van der Waals surface area (Å²) in [7, 11) is 0. The monoisotopic (exact) mass is 433 g/mol. The van der Waals surface area contributed by atoms with Crippen LogP contribution in [0.25, 0.3) is 0 Å². The lowest BCUT2D eigenvalue weighted by Crippen LogP contribution is -2.52. The van der Waals surface area contributed by atoms with Crippen LogP contribution < -0.4 is 5.32 Å². The highest BCUT2D eigenvalue weighted by Gasteiger charge is 2.60. The lowest BCUT2D eigenvalue weighted by atomic mass is 9.91. The van der Waals surface area contributed by atoms with Crippen molar-refractivity contribution in [2.75, 3.05) is 5.32 Å². The summed E-state index contributed by atoms with van der Waals surface area (Å²) in [4.78, 5) is 44.6. The lowest BCUT2D eigenvalue weighted by molar-refractivity contribution is -0.147. The van der Waals surface area contributed by atoms with Crippen LogP contribution in [-0.4, -0.2) is 33.4 Å². The van der Waals surface area contributed by atoms with Gasteiger partial charge in [-0.15, -0.1) is 0 Å². The van der Waals surface area contributed by atoms with Gasteiger partial charge in [0.1, 0.15) is 5.82 Å². The predicted octanol–water partition coefficient (Wildman–Crippen LogP) is 3.88. The summed E-state index contributed by atoms with van der Waals surface area (Å²) in [6.45, 7) is 1.62. The number of rotatable bonds is 6. The first-order valence-corrected chi connectivity index (χ1v) is 9.98. The van der Waals surface area contributed by atoms with Crippen LogP contribution in [0, 0.1) is 5.82 Å². The maximum absolute atomic E-state index is 13.6. The van der Waals surface area contributed by atoms with Crippen molar-refractivity contribution >= 4 is 23.6 Å². The Hall–Kier alpha value is -4.07. The third-order valence-corrected chi connectivity index (χ3v) is 5.34. The van der Waals surface area contributed by atoms with E-state index >= 15 is 0 Å². The molecule has 1 aliphatic rings. The van der Waals surface area contributed by atoms with Gasteiger partial charge in [-0.05, 0) is 42.3 Å². The van der Waals surface area contributed by atoms with Gasteiger partial charge in [0, 0.05) is 12.6 Å². The van der Waals surface area contributed by atoms with Crippen LogP contribution in [-0.2, 0) is 20.7 Å². The van der Waals surface area contributed by atoms with Gasteiger partial charge in [-0.3, -0.25) is 14.6 Å². The molecule has 0 aliphatic carbocycles. The zero-order valence-electron chi connectivity index (χ0n) is 17.2. The minimum absolute atomic E-state index is 0.142. The number of ether oxygens (including phenoxy) is 1. The summed E-state index contributed by atoms with van der Waals surface area (Å²) in [6, 6.07) is 16.7. The van der Waals surface area contributed by atoms with E-state index < -0.39 is 35.4 Å². The molecule has 3 amide bonds. The molecular weight excluding hydrogens is 413 g/mol. The number of halogens is 1. The highest BCUT2D eigenvalue weighted by Crippen LogP contribution is 2.35. The quantitative estimate of drug-likeness (QED) is 0.596. The summed E-state index contributed by atoms with van der Waals surface area (Å²) < 4.78 is 18.8. The van der Waals surface area contributed by atoms with Crippen molar-refractivity contribution < 1.29 is 23.5 Å². The second-order valence-electron chi connectivity index (χ2n) is 7.46. The van der Waals surface area contributed by atoms with Crippen LogP contribution in [0.3, 0.4) is 0 Å². The third-order valence-electron chi connectivity index (χ3n) is 5.34. The summed E-state index contributed by atoms with van der Waals surface area (Å²) >= 11 is 0. The molecule has 7 nitrogen and oxygen atoms in total. The minimum atomic E-state index is -2.09. The number of aromatic nitrogens is 1. The van der Waals surface area contributed by atoms with E-state index in [1.165, 1.54) is 30.5 Å². The number of imide groups is 1. The average Bonchev–Trinajstić information content (AvgIpc) is 3.05. The molecule has 1 aliphatic heterocycles. The molecule has 1 N–H and O–H groups in total. The molecule has 0 bridgehead atoms. The Morgan fingerprint density at radius 1 is 1.09 bits per heavy atom. The molecule has 2 heterocycles. The first-order valence-electron chi connectivity index (χ1n) is 9.98. The molecule has 2 aromatic carbocycles. The largest absolute Gasteiger partial charge is 0.422 e. The van der Waals surface area contributed by atoms with E-state index in [-0.39, 0.29) is 6.42 Å². The number of amides is 3. The molecule has 1 aromatic heterocycles. The van der Waals surface area contributed by atoms with Gasteiger partial charge in [-0.2, -0.15) is 0 Å². The number of cyclic esters (lactones) is 1. The molecule has 3 aromatic rings. The van der Waals surface area contributed by atoms with E-state index in [1.807, 2.05) is 0 Å². The molecule has 4 rings (SSSR count). The number of carbonyl (C=O) groups excluding carboxylic acids is 3. The molecular formula is C24H20FN3O4. The van der Waals surface area contributed by atoms with Crippen LogP contribution in [0.2, 0.25) is 0 Å². The van der Waals surface area contributed by atoms with Crippen molar-refractivity contribution in [2.24, 2.45) is 0 Å². The third kappa shape index (κ3) is 3.94. The van der Waals surface area contributed by atoms with Gasteiger partial charge in [0.2, 0.25) is 0 Å². The van der Waals surface area contributed by atoms with Gasteiger partial charge in [0.25, 0.3) is 17.4 Å². The van der Waals surface area contributed by atoms with Gasteiger partial charge in [0.05, 0.1) is 17.9 Å². The first-order chi connectivity index (χ1) is 15.4. The molecule has 162 valence electrons. The van der Waals surface area contributed by atoms with Gasteiger partial charge in [-0.25, -0.2) is 14.1 Å². The maximum Gasteiger partial charge on any atom is 0.418 e. The van der Waals surface area contributed by atoms with Crippen LogP contribution in [0.5, 0.6) is 0 Å². The number of hydrogen-bond donors (Lipinski definition) is 1. The van der Waals surface area contributed by atoms with E-state index in [2.05, 4.69) is 10.3 Å². The normalized spacial score (nSPS) is 18.9. The Bertz CT molecular complexity index is 1140. The highest BCUT2D eigenvalue weighted by atomic mass is 19.1. The number of pyridine rings is 1. The lowest BCUT2D eigenvalue weighted by Gasteiger charge is -2.25. The molecule has 8 heteroatoms. The number of carbonyl (C=O) groups is 3. The average molecular weight is 433 g/mol. The van der Waals surface area contributed by atoms with Gasteiger partial charge < -0.3 is 10.1 Å². The smallest absolute Gasteiger partial charge is 0.418 e. The molecule has 32 heavy (non-hydrogen) atoms. The summed E-state index contributed by atoms with van der Waals surface area (Å²) in [5.41, 5.74) is -0.562. The topological polar surface area (TPSA) is 88.6 Å². The number of benzene rings is 2. The van der Waals surface area contributed by atoms with Crippen molar-refractivity contribution in [3.05, 3.63) is 96.1 Å². The highest BCUT2D eigenvalue weighted by molar-refractivity contribution is 6.20. The van der Waals surface area contributed by atoms with Gasteiger partial charge >= 0.3 is 6.09 Å². The number of hydrogen-bond acceptors (Lipinski definition) is 5. The van der Waals surface area contributed by atoms with Crippen LogP contribution in [0.4, 0.5) is 14.9 Å². The van der Waals surface area contributed by atoms with E-state index in [0.717, 1.165) is 4.90 Å². The van der Waals surface area contributed by atoms with E-state index in [4.69, 9.17) is 4.74 Å². The number of nitrogens with one attached hydrogen (secondary N) is 1. The van der Waals surface area contributed by atoms with Gasteiger partial charge in [-0.1, -0.05) is 42.5 Å². The maximum atomic E-state index is 13.6. The summed E-state index contributed by atoms with van der Waals surface area (Å²) in [6.07, 6.45) is 1.89. The van der Waals surface area contributed by atoms with Crippen molar-refractivity contribution in [2.45, 2.75) is 25.0 Å². The number of anilines is 1. The Morgan fingerprint density at radius 3 is 2.47 bits per heavy atom. The fraction of sp³-hybridized carbons (Fsp3) is 0.167. The van der Waals surface area contributed by atoms with Crippen LogP contribution in [0.15, 0.2) is 79.1 Å². The zero-order valence-corrected chi connectivity index (χ0v) is 17.2. The standard InChI is InChI=1S/C24H20FN3O4/c1-16(18-9-11-19(25)12-10-18)28-22(30)24(32-23(28)31,14-17-6-3-2-4-7-17)21(29)27-20-8-5-13-26-15-20/h2-13,15-16H,14H2,1H3,(H,27,29)/t16-,24-/m1/s1. The van der Waals surface area contributed by atoms with Crippen molar-refractivity contribution in [1.29, 1.82) is 0 Å². The number of nitrogens with zero attached hydrogens (tertiary/aromatic N) is 2. The Labute approximate surface area is 183 Å². The Kier molecular flexibility index (Phi) is 5.68. The molecule has 2 atom stereocenters. The van der Waals surface area contributed by atoms with Crippen molar-refractivity contribution in [1.82, 2.24) is 9.88 Å². The molecule has 1 saturated heterocycles. The van der Waals surface area contributed by atoms with Crippen LogP contribution in [0.1, 0.15) is 24.1 Å². The molecule has 0 saturated carbocycles. The summed E-state index contributed by atoms with van der Waals surface area (Å²) in [5.74, 6) is -2.00. The van der Waals surface area contributed by atoms with E-state index in [1.54, 1.807) is 55.6 Å². The van der Waals surface area contributed by atoms with Crippen molar-refractivity contribution in [3.63, 3.8) is 0 Å². The Balaban J connectivity index is 1.70. The molecule has 0 radical (unpaired) electrons. The summed E-state index contributed by atoms with van der Waals surface area (Å²) in [5, 5.41) is 2.63. The molecule has 0 spiro atoms.